The first-order chi connectivity index (χ1) is 13.6. The molecule has 4 rings (SSSR count). The van der Waals surface area contributed by atoms with E-state index in [4.69, 9.17) is 9.15 Å². The molecule has 1 amide bonds. The molecule has 146 valence electrons. The molecule has 0 aliphatic carbocycles. The Bertz CT molecular complexity index is 954. The summed E-state index contributed by atoms with van der Waals surface area (Å²) in [4.78, 5) is 14.7. The van der Waals surface area contributed by atoms with Gasteiger partial charge in [-0.2, -0.15) is 0 Å². The van der Waals surface area contributed by atoms with Gasteiger partial charge < -0.3 is 14.5 Å². The molecule has 0 bridgehead atoms. The number of hydrogen-bond donors (Lipinski definition) is 1. The van der Waals surface area contributed by atoms with Crippen LogP contribution in [0.2, 0.25) is 0 Å². The highest BCUT2D eigenvalue weighted by Crippen LogP contribution is 2.32. The molecule has 2 aromatic heterocycles. The van der Waals surface area contributed by atoms with Crippen molar-refractivity contribution in [1.82, 2.24) is 25.3 Å². The number of anilines is 1. The number of rotatable bonds is 6. The van der Waals surface area contributed by atoms with Crippen LogP contribution in [0.4, 0.5) is 5.69 Å². The third kappa shape index (κ3) is 4.02. The number of nitrogens with zero attached hydrogens (tertiary/aromatic N) is 5. The van der Waals surface area contributed by atoms with Crippen LogP contribution in [-0.2, 0) is 6.54 Å². The summed E-state index contributed by atoms with van der Waals surface area (Å²) in [5, 5.41) is 20.2. The van der Waals surface area contributed by atoms with Gasteiger partial charge in [0, 0.05) is 12.6 Å². The lowest BCUT2D eigenvalue weighted by Gasteiger charge is -2.19. The van der Waals surface area contributed by atoms with Gasteiger partial charge in [-0.15, -0.1) is 20.4 Å². The largest absolute Gasteiger partial charge is 0.497 e. The SMILES string of the molecule is COc1ccc(NC(=O)c2nnc(CN3CCCC3c3nnc(C)o3)s2)cc1. The first kappa shape index (κ1) is 18.5. The average Bonchev–Trinajstić information content (AvgIpc) is 3.44. The predicted molar refractivity (Wildman–Crippen MR) is 102 cm³/mol. The van der Waals surface area contributed by atoms with E-state index in [-0.39, 0.29) is 11.9 Å². The van der Waals surface area contributed by atoms with Gasteiger partial charge in [-0.25, -0.2) is 0 Å². The van der Waals surface area contributed by atoms with E-state index in [0.717, 1.165) is 30.1 Å². The molecule has 1 aliphatic rings. The first-order valence-electron chi connectivity index (χ1n) is 8.94. The second-order valence-corrected chi connectivity index (χ2v) is 7.53. The van der Waals surface area contributed by atoms with Crippen molar-refractivity contribution < 1.29 is 13.9 Å². The lowest BCUT2D eigenvalue weighted by molar-refractivity contribution is 0.102. The normalized spacial score (nSPS) is 17.0. The molecule has 1 fully saturated rings. The number of methoxy groups -OCH3 is 1. The van der Waals surface area contributed by atoms with Crippen molar-refractivity contribution in [3.8, 4) is 5.75 Å². The van der Waals surface area contributed by atoms with Gasteiger partial charge in [-0.3, -0.25) is 9.69 Å². The molecule has 1 N–H and O–H groups in total. The zero-order chi connectivity index (χ0) is 19.5. The fourth-order valence-electron chi connectivity index (χ4n) is 3.18. The number of carbonyl (C=O) groups excluding carboxylic acids is 1. The summed E-state index contributed by atoms with van der Waals surface area (Å²) in [5.74, 6) is 1.65. The number of aryl methyl sites for hydroxylation is 1. The van der Waals surface area contributed by atoms with E-state index < -0.39 is 0 Å². The highest BCUT2D eigenvalue weighted by Gasteiger charge is 2.31. The van der Waals surface area contributed by atoms with Crippen LogP contribution in [0.5, 0.6) is 5.75 Å². The lowest BCUT2D eigenvalue weighted by Crippen LogP contribution is -2.23. The Morgan fingerprint density at radius 1 is 1.29 bits per heavy atom. The smallest absolute Gasteiger partial charge is 0.286 e. The number of aromatic nitrogens is 4. The molecule has 0 saturated carbocycles. The topological polar surface area (TPSA) is 106 Å². The van der Waals surface area contributed by atoms with E-state index in [2.05, 4.69) is 30.6 Å². The van der Waals surface area contributed by atoms with Crippen LogP contribution in [0.1, 0.15) is 45.5 Å². The highest BCUT2D eigenvalue weighted by molar-refractivity contribution is 7.13. The summed E-state index contributed by atoms with van der Waals surface area (Å²) in [6, 6.07) is 7.21. The fraction of sp³-hybridized carbons (Fsp3) is 0.389. The number of carbonyl (C=O) groups is 1. The Morgan fingerprint density at radius 2 is 2.11 bits per heavy atom. The van der Waals surface area contributed by atoms with Gasteiger partial charge >= 0.3 is 0 Å². The summed E-state index contributed by atoms with van der Waals surface area (Å²) in [6.07, 6.45) is 2.01. The third-order valence-electron chi connectivity index (χ3n) is 4.54. The average molecular weight is 400 g/mol. The van der Waals surface area contributed by atoms with E-state index in [9.17, 15) is 4.79 Å². The van der Waals surface area contributed by atoms with Gasteiger partial charge in [0.25, 0.3) is 5.91 Å². The zero-order valence-corrected chi connectivity index (χ0v) is 16.4. The Morgan fingerprint density at radius 3 is 2.82 bits per heavy atom. The molecule has 1 aliphatic heterocycles. The first-order valence-corrected chi connectivity index (χ1v) is 9.76. The zero-order valence-electron chi connectivity index (χ0n) is 15.6. The minimum Gasteiger partial charge on any atom is -0.497 e. The van der Waals surface area contributed by atoms with Gasteiger partial charge in [0.15, 0.2) is 0 Å². The van der Waals surface area contributed by atoms with E-state index >= 15 is 0 Å². The Hall–Kier alpha value is -2.85. The minimum absolute atomic E-state index is 0.0849. The van der Waals surface area contributed by atoms with E-state index in [1.54, 1.807) is 38.3 Å². The van der Waals surface area contributed by atoms with E-state index in [0.29, 0.717) is 29.0 Å². The summed E-state index contributed by atoms with van der Waals surface area (Å²) in [5.41, 5.74) is 0.675. The fourth-order valence-corrected chi connectivity index (χ4v) is 3.94. The van der Waals surface area contributed by atoms with Gasteiger partial charge in [-0.05, 0) is 43.7 Å². The molecule has 1 unspecified atom stereocenters. The molecular formula is C18H20N6O3S. The van der Waals surface area contributed by atoms with Crippen LogP contribution in [-0.4, -0.2) is 44.9 Å². The number of ether oxygens (including phenoxy) is 1. The summed E-state index contributed by atoms with van der Waals surface area (Å²) in [7, 11) is 1.60. The number of hydrogen-bond acceptors (Lipinski definition) is 9. The van der Waals surface area contributed by atoms with Crippen LogP contribution in [0.15, 0.2) is 28.7 Å². The number of amides is 1. The maximum Gasteiger partial charge on any atom is 0.286 e. The summed E-state index contributed by atoms with van der Waals surface area (Å²) >= 11 is 1.29. The van der Waals surface area contributed by atoms with E-state index in [1.807, 2.05) is 0 Å². The maximum absolute atomic E-state index is 12.4. The van der Waals surface area contributed by atoms with Crippen molar-refractivity contribution >= 4 is 22.9 Å². The second kappa shape index (κ2) is 8.03. The number of likely N-dealkylation sites (tertiary alicyclic amines) is 1. The highest BCUT2D eigenvalue weighted by atomic mass is 32.1. The molecule has 1 aromatic carbocycles. The Balaban J connectivity index is 1.40. The Kier molecular flexibility index (Phi) is 5.31. The van der Waals surface area contributed by atoms with Crippen molar-refractivity contribution in [2.75, 3.05) is 19.0 Å². The van der Waals surface area contributed by atoms with Crippen molar-refractivity contribution in [1.29, 1.82) is 0 Å². The standard InChI is InChI=1S/C18H20N6O3S/c1-11-20-22-17(27-11)14-4-3-9-24(14)10-15-21-23-18(28-15)16(25)19-12-5-7-13(26-2)8-6-12/h5-8,14H,3-4,9-10H2,1-2H3,(H,19,25). The molecular weight excluding hydrogens is 380 g/mol. The monoisotopic (exact) mass is 400 g/mol. The van der Waals surface area contributed by atoms with Crippen LogP contribution >= 0.6 is 11.3 Å². The quantitative estimate of drug-likeness (QED) is 0.673. The van der Waals surface area contributed by atoms with Crippen LogP contribution in [0.25, 0.3) is 0 Å². The minimum atomic E-state index is -0.278. The Labute approximate surface area is 165 Å². The van der Waals surface area contributed by atoms with Crippen molar-refractivity contribution in [2.24, 2.45) is 0 Å². The van der Waals surface area contributed by atoms with Gasteiger partial charge in [0.1, 0.15) is 10.8 Å². The molecule has 1 atom stereocenters. The molecule has 1 saturated heterocycles. The van der Waals surface area contributed by atoms with Gasteiger partial charge in [0.05, 0.1) is 19.7 Å². The van der Waals surface area contributed by atoms with Crippen LogP contribution in [0.3, 0.4) is 0 Å². The lowest BCUT2D eigenvalue weighted by atomic mass is 10.2. The van der Waals surface area contributed by atoms with Crippen molar-refractivity contribution in [3.63, 3.8) is 0 Å². The molecule has 28 heavy (non-hydrogen) atoms. The van der Waals surface area contributed by atoms with Crippen LogP contribution < -0.4 is 10.1 Å². The summed E-state index contributed by atoms with van der Waals surface area (Å²) in [6.45, 7) is 3.30. The molecule has 9 nitrogen and oxygen atoms in total. The molecule has 0 radical (unpaired) electrons. The molecule has 3 aromatic rings. The van der Waals surface area contributed by atoms with Crippen molar-refractivity contribution in [2.45, 2.75) is 32.4 Å². The second-order valence-electron chi connectivity index (χ2n) is 6.47. The van der Waals surface area contributed by atoms with E-state index in [1.165, 1.54) is 11.3 Å². The third-order valence-corrected chi connectivity index (χ3v) is 5.44. The van der Waals surface area contributed by atoms with Crippen LogP contribution in [0, 0.1) is 6.92 Å². The molecule has 10 heteroatoms. The number of nitrogens with one attached hydrogen (secondary N) is 1. The molecule has 0 spiro atoms. The maximum atomic E-state index is 12.4. The summed E-state index contributed by atoms with van der Waals surface area (Å²) < 4.78 is 10.7. The molecule has 3 heterocycles. The van der Waals surface area contributed by atoms with Gasteiger partial charge in [0.2, 0.25) is 16.8 Å². The van der Waals surface area contributed by atoms with Gasteiger partial charge in [-0.1, -0.05) is 11.3 Å². The predicted octanol–water partition coefficient (Wildman–Crippen LogP) is 2.83. The van der Waals surface area contributed by atoms with Crippen molar-refractivity contribution in [3.05, 3.63) is 46.1 Å². The number of benzene rings is 1.